The third kappa shape index (κ3) is 5.15. The fourth-order valence-corrected chi connectivity index (χ4v) is 5.11. The predicted molar refractivity (Wildman–Crippen MR) is 143 cm³/mol. The van der Waals surface area contributed by atoms with E-state index in [1.807, 2.05) is 50.2 Å². The first-order valence-corrected chi connectivity index (χ1v) is 13.2. The molecule has 5 rings (SSSR count). The first-order valence-electron chi connectivity index (χ1n) is 13.2. The number of amides is 1. The number of benzene rings is 2. The van der Waals surface area contributed by atoms with Gasteiger partial charge in [-0.1, -0.05) is 26.0 Å². The van der Waals surface area contributed by atoms with Crippen LogP contribution in [-0.2, 0) is 4.74 Å². The lowest BCUT2D eigenvalue weighted by molar-refractivity contribution is 0.0314. The number of nitrogens with zero attached hydrogens (tertiary/aromatic N) is 2. The molecule has 1 amide bonds. The molecule has 1 atom stereocenters. The van der Waals surface area contributed by atoms with E-state index in [0.29, 0.717) is 55.4 Å². The summed E-state index contributed by atoms with van der Waals surface area (Å²) in [5.41, 5.74) is 3.63. The van der Waals surface area contributed by atoms with Gasteiger partial charge in [0.05, 0.1) is 36.8 Å². The van der Waals surface area contributed by atoms with Crippen LogP contribution in [0, 0.1) is 19.8 Å². The highest BCUT2D eigenvalue weighted by Gasteiger charge is 2.43. The Hall–Kier alpha value is -3.16. The Balaban J connectivity index is 1.56. The third-order valence-corrected chi connectivity index (χ3v) is 7.48. The van der Waals surface area contributed by atoms with E-state index in [9.17, 15) is 9.59 Å². The maximum atomic E-state index is 13.9. The number of ether oxygens (including phenoxy) is 2. The number of morpholine rings is 1. The number of carbonyl (C=O) groups excluding carboxylic acids is 1. The van der Waals surface area contributed by atoms with Crippen molar-refractivity contribution in [3.63, 3.8) is 0 Å². The molecule has 0 radical (unpaired) electrons. The lowest BCUT2D eigenvalue weighted by Crippen LogP contribution is -2.42. The quantitative estimate of drug-likeness (QED) is 0.442. The van der Waals surface area contributed by atoms with Crippen LogP contribution in [0.2, 0.25) is 0 Å². The van der Waals surface area contributed by atoms with E-state index in [4.69, 9.17) is 13.9 Å². The Kier molecular flexibility index (Phi) is 7.36. The summed E-state index contributed by atoms with van der Waals surface area (Å²) in [6.07, 6.45) is 0.953. The molecule has 3 aromatic rings. The highest BCUT2D eigenvalue weighted by atomic mass is 16.5. The molecule has 196 valence electrons. The second kappa shape index (κ2) is 10.7. The molecule has 2 aromatic carbocycles. The molecule has 7 nitrogen and oxygen atoms in total. The van der Waals surface area contributed by atoms with Crippen LogP contribution in [0.4, 0.5) is 0 Å². The van der Waals surface area contributed by atoms with E-state index < -0.39 is 6.04 Å². The average Bonchev–Trinajstić information content (AvgIpc) is 3.16. The van der Waals surface area contributed by atoms with E-state index in [0.717, 1.165) is 42.0 Å². The van der Waals surface area contributed by atoms with Gasteiger partial charge >= 0.3 is 0 Å². The van der Waals surface area contributed by atoms with Gasteiger partial charge in [0.25, 0.3) is 5.91 Å². The maximum Gasteiger partial charge on any atom is 0.290 e. The average molecular weight is 505 g/mol. The molecule has 0 saturated carbocycles. The minimum atomic E-state index is -0.528. The zero-order valence-corrected chi connectivity index (χ0v) is 22.2. The molecular formula is C30H36N2O5. The molecule has 1 aromatic heterocycles. The smallest absolute Gasteiger partial charge is 0.290 e. The summed E-state index contributed by atoms with van der Waals surface area (Å²) in [5, 5.41) is 0.513. The Morgan fingerprint density at radius 3 is 2.54 bits per heavy atom. The summed E-state index contributed by atoms with van der Waals surface area (Å²) < 4.78 is 17.7. The monoisotopic (exact) mass is 504 g/mol. The molecule has 2 aliphatic rings. The first-order chi connectivity index (χ1) is 17.8. The van der Waals surface area contributed by atoms with Gasteiger partial charge in [-0.05, 0) is 67.1 Å². The van der Waals surface area contributed by atoms with Crippen LogP contribution in [0.1, 0.15) is 59.1 Å². The largest absolute Gasteiger partial charge is 0.494 e. The minimum absolute atomic E-state index is 0.141. The van der Waals surface area contributed by atoms with Crippen molar-refractivity contribution in [1.29, 1.82) is 0 Å². The molecule has 0 spiro atoms. The third-order valence-electron chi connectivity index (χ3n) is 7.48. The Bertz CT molecular complexity index is 1360. The number of hydrogen-bond donors (Lipinski definition) is 0. The standard InChI is InChI=1S/C30H36N2O5/c1-19(2)8-13-36-23-7-5-6-22(18-23)27-26-28(33)24-16-20(3)21(4)17-25(24)37-29(26)30(34)32(27)10-9-31-11-14-35-15-12-31/h5-7,16-19,27H,8-15H2,1-4H3. The fourth-order valence-electron chi connectivity index (χ4n) is 5.11. The number of rotatable bonds is 8. The molecule has 1 fully saturated rings. The Morgan fingerprint density at radius 1 is 1.03 bits per heavy atom. The van der Waals surface area contributed by atoms with Crippen molar-refractivity contribution in [1.82, 2.24) is 9.80 Å². The van der Waals surface area contributed by atoms with Crippen molar-refractivity contribution < 1.29 is 18.7 Å². The zero-order chi connectivity index (χ0) is 26.1. The summed E-state index contributed by atoms with van der Waals surface area (Å²) in [4.78, 5) is 31.7. The second-order valence-corrected chi connectivity index (χ2v) is 10.6. The van der Waals surface area contributed by atoms with Gasteiger partial charge < -0.3 is 18.8 Å². The van der Waals surface area contributed by atoms with Gasteiger partial charge in [0, 0.05) is 26.2 Å². The van der Waals surface area contributed by atoms with Crippen molar-refractivity contribution in [2.45, 2.75) is 40.2 Å². The molecular weight excluding hydrogens is 468 g/mol. The zero-order valence-electron chi connectivity index (χ0n) is 22.2. The highest BCUT2D eigenvalue weighted by molar-refractivity contribution is 5.99. The van der Waals surface area contributed by atoms with Gasteiger partial charge in [0.15, 0.2) is 5.43 Å². The predicted octanol–water partition coefficient (Wildman–Crippen LogP) is 4.71. The number of carbonyl (C=O) groups is 1. The van der Waals surface area contributed by atoms with Crippen molar-refractivity contribution in [2.24, 2.45) is 5.92 Å². The molecule has 3 heterocycles. The lowest BCUT2D eigenvalue weighted by atomic mass is 9.97. The van der Waals surface area contributed by atoms with Crippen molar-refractivity contribution >= 4 is 16.9 Å². The molecule has 7 heteroatoms. The SMILES string of the molecule is Cc1cc2oc3c(c(=O)c2cc1C)C(c1cccc(OCCC(C)C)c1)N(CCN1CCOCC1)C3=O. The normalized spacial score (nSPS) is 18.1. The van der Waals surface area contributed by atoms with Crippen molar-refractivity contribution in [3.05, 3.63) is 74.6 Å². The van der Waals surface area contributed by atoms with E-state index in [1.165, 1.54) is 0 Å². The van der Waals surface area contributed by atoms with E-state index in [1.54, 1.807) is 4.90 Å². The summed E-state index contributed by atoms with van der Waals surface area (Å²) >= 11 is 0. The van der Waals surface area contributed by atoms with Crippen molar-refractivity contribution in [3.8, 4) is 5.75 Å². The van der Waals surface area contributed by atoms with Crippen molar-refractivity contribution in [2.75, 3.05) is 46.0 Å². The fraction of sp³-hybridized carbons (Fsp3) is 0.467. The topological polar surface area (TPSA) is 72.2 Å². The molecule has 0 bridgehead atoms. The van der Waals surface area contributed by atoms with Crippen LogP contribution in [0.15, 0.2) is 45.6 Å². The molecule has 0 aliphatic carbocycles. The van der Waals surface area contributed by atoms with E-state index in [2.05, 4.69) is 18.7 Å². The second-order valence-electron chi connectivity index (χ2n) is 10.6. The summed E-state index contributed by atoms with van der Waals surface area (Å²) in [6.45, 7) is 13.2. The van der Waals surface area contributed by atoms with Gasteiger partial charge in [-0.3, -0.25) is 14.5 Å². The highest BCUT2D eigenvalue weighted by Crippen LogP contribution is 2.39. The molecule has 1 saturated heterocycles. The maximum absolute atomic E-state index is 13.9. The Morgan fingerprint density at radius 2 is 1.78 bits per heavy atom. The molecule has 0 N–H and O–H groups in total. The lowest BCUT2D eigenvalue weighted by Gasteiger charge is -2.31. The minimum Gasteiger partial charge on any atom is -0.494 e. The van der Waals surface area contributed by atoms with Crippen LogP contribution in [0.3, 0.4) is 0 Å². The van der Waals surface area contributed by atoms with Gasteiger partial charge in [-0.2, -0.15) is 0 Å². The summed E-state index contributed by atoms with van der Waals surface area (Å²) in [5.74, 6) is 1.20. The van der Waals surface area contributed by atoms with Crippen LogP contribution in [0.25, 0.3) is 11.0 Å². The van der Waals surface area contributed by atoms with E-state index >= 15 is 0 Å². The first kappa shape index (κ1) is 25.5. The molecule has 2 aliphatic heterocycles. The van der Waals surface area contributed by atoms with Gasteiger partial charge in [0.1, 0.15) is 11.3 Å². The summed E-state index contributed by atoms with van der Waals surface area (Å²) in [7, 11) is 0. The Labute approximate surface area is 218 Å². The van der Waals surface area contributed by atoms with Gasteiger partial charge in [-0.15, -0.1) is 0 Å². The van der Waals surface area contributed by atoms with Gasteiger partial charge in [0.2, 0.25) is 5.76 Å². The summed E-state index contributed by atoms with van der Waals surface area (Å²) in [6, 6.07) is 11.0. The van der Waals surface area contributed by atoms with Crippen LogP contribution in [-0.4, -0.2) is 61.7 Å². The van der Waals surface area contributed by atoms with Crippen LogP contribution < -0.4 is 10.2 Å². The molecule has 1 unspecified atom stereocenters. The number of aryl methyl sites for hydroxylation is 2. The number of hydrogen-bond acceptors (Lipinski definition) is 6. The van der Waals surface area contributed by atoms with E-state index in [-0.39, 0.29) is 17.1 Å². The van der Waals surface area contributed by atoms with Gasteiger partial charge in [-0.25, -0.2) is 0 Å². The van der Waals surface area contributed by atoms with Crippen LogP contribution in [0.5, 0.6) is 5.75 Å². The number of fused-ring (bicyclic) bond motifs is 2. The molecule has 37 heavy (non-hydrogen) atoms. The van der Waals surface area contributed by atoms with Crippen LogP contribution >= 0.6 is 0 Å².